The van der Waals surface area contributed by atoms with Crippen molar-refractivity contribution >= 4 is 34.3 Å². The number of hydrogen-bond acceptors (Lipinski definition) is 3. The lowest BCUT2D eigenvalue weighted by Gasteiger charge is -2.07. The number of nitrogens with one attached hydrogen (secondary N) is 2. The molecule has 0 aliphatic carbocycles. The molecule has 7 heteroatoms. The number of imidazole rings is 1. The first-order valence-electron chi connectivity index (χ1n) is 8.81. The second-order valence-corrected chi connectivity index (χ2v) is 7.63. The maximum absolute atomic E-state index is 13.6. The van der Waals surface area contributed by atoms with E-state index in [1.807, 2.05) is 49.0 Å². The Balaban J connectivity index is 1.45. The number of carbonyl (C=O) groups is 1. The number of halogens is 1. The maximum Gasteiger partial charge on any atom is 0.228 e. The SMILES string of the molecule is Cc1[nH]c2ccc(F)cc2c1CC(=O)Nc1ccc(Sc2nccn2C)cc1. The zero-order valence-corrected chi connectivity index (χ0v) is 16.3. The van der Waals surface area contributed by atoms with E-state index in [0.717, 1.165) is 37.9 Å². The molecule has 4 aromatic rings. The minimum absolute atomic E-state index is 0.141. The smallest absolute Gasteiger partial charge is 0.228 e. The Kier molecular flexibility index (Phi) is 4.92. The van der Waals surface area contributed by atoms with Gasteiger partial charge < -0.3 is 14.9 Å². The van der Waals surface area contributed by atoms with Gasteiger partial charge in [-0.1, -0.05) is 11.8 Å². The summed E-state index contributed by atoms with van der Waals surface area (Å²) in [4.78, 5) is 21.0. The van der Waals surface area contributed by atoms with Crippen molar-refractivity contribution in [2.24, 2.45) is 7.05 Å². The van der Waals surface area contributed by atoms with E-state index in [1.54, 1.807) is 24.0 Å². The number of aromatic nitrogens is 3. The van der Waals surface area contributed by atoms with Gasteiger partial charge in [-0.15, -0.1) is 0 Å². The zero-order valence-electron chi connectivity index (χ0n) is 15.5. The predicted molar refractivity (Wildman–Crippen MR) is 109 cm³/mol. The number of amides is 1. The Morgan fingerprint density at radius 3 is 2.75 bits per heavy atom. The third-order valence-corrected chi connectivity index (χ3v) is 5.63. The van der Waals surface area contributed by atoms with Crippen LogP contribution >= 0.6 is 11.8 Å². The van der Waals surface area contributed by atoms with Crippen LogP contribution in [-0.2, 0) is 18.3 Å². The molecule has 2 N–H and O–H groups in total. The number of benzene rings is 2. The summed E-state index contributed by atoms with van der Waals surface area (Å²) in [6.45, 7) is 1.89. The largest absolute Gasteiger partial charge is 0.358 e. The quantitative estimate of drug-likeness (QED) is 0.517. The summed E-state index contributed by atoms with van der Waals surface area (Å²) in [5.41, 5.74) is 3.24. The lowest BCUT2D eigenvalue weighted by atomic mass is 10.1. The predicted octanol–water partition coefficient (Wildman–Crippen LogP) is 4.68. The van der Waals surface area contributed by atoms with Gasteiger partial charge in [-0.3, -0.25) is 4.79 Å². The Hall–Kier alpha value is -3.06. The fraction of sp³-hybridized carbons (Fsp3) is 0.143. The van der Waals surface area contributed by atoms with Crippen LogP contribution in [0, 0.1) is 12.7 Å². The van der Waals surface area contributed by atoms with E-state index in [4.69, 9.17) is 0 Å². The number of fused-ring (bicyclic) bond motifs is 1. The molecule has 1 amide bonds. The normalized spacial score (nSPS) is 11.1. The Morgan fingerprint density at radius 1 is 1.25 bits per heavy atom. The van der Waals surface area contributed by atoms with E-state index in [2.05, 4.69) is 15.3 Å². The molecule has 0 fully saturated rings. The molecule has 0 saturated heterocycles. The summed E-state index contributed by atoms with van der Waals surface area (Å²) in [5, 5.41) is 4.55. The third-order valence-electron chi connectivity index (χ3n) is 4.54. The molecule has 2 aromatic carbocycles. The number of nitrogens with zero attached hydrogens (tertiary/aromatic N) is 2. The monoisotopic (exact) mass is 394 g/mol. The Morgan fingerprint density at radius 2 is 2.04 bits per heavy atom. The van der Waals surface area contributed by atoms with Crippen LogP contribution in [0.4, 0.5) is 10.1 Å². The van der Waals surface area contributed by atoms with Crippen LogP contribution < -0.4 is 5.32 Å². The van der Waals surface area contributed by atoms with Crippen LogP contribution in [0.5, 0.6) is 0 Å². The summed E-state index contributed by atoms with van der Waals surface area (Å²) >= 11 is 1.56. The number of rotatable bonds is 5. The molecule has 0 radical (unpaired) electrons. The van der Waals surface area contributed by atoms with Crippen molar-refractivity contribution in [3.05, 3.63) is 71.9 Å². The van der Waals surface area contributed by atoms with Crippen LogP contribution in [0.2, 0.25) is 0 Å². The lowest BCUT2D eigenvalue weighted by molar-refractivity contribution is -0.115. The Labute approximate surface area is 166 Å². The molecule has 0 spiro atoms. The summed E-state index contributed by atoms with van der Waals surface area (Å²) in [6, 6.07) is 12.2. The first-order valence-corrected chi connectivity index (χ1v) is 9.63. The fourth-order valence-corrected chi connectivity index (χ4v) is 3.91. The molecule has 2 aromatic heterocycles. The highest BCUT2D eigenvalue weighted by atomic mass is 32.2. The van der Waals surface area contributed by atoms with Gasteiger partial charge in [-0.25, -0.2) is 9.37 Å². The van der Waals surface area contributed by atoms with Crippen molar-refractivity contribution in [1.29, 1.82) is 0 Å². The number of aromatic amines is 1. The van der Waals surface area contributed by atoms with Crippen LogP contribution in [0.25, 0.3) is 10.9 Å². The Bertz CT molecular complexity index is 1150. The number of hydrogen-bond donors (Lipinski definition) is 2. The maximum atomic E-state index is 13.6. The molecule has 5 nitrogen and oxygen atoms in total. The van der Waals surface area contributed by atoms with E-state index in [-0.39, 0.29) is 18.1 Å². The van der Waals surface area contributed by atoms with Gasteiger partial charge >= 0.3 is 0 Å². The van der Waals surface area contributed by atoms with Crippen LogP contribution in [-0.4, -0.2) is 20.4 Å². The van der Waals surface area contributed by atoms with Crippen molar-refractivity contribution in [1.82, 2.24) is 14.5 Å². The molecule has 142 valence electrons. The molecular formula is C21H19FN4OS. The van der Waals surface area contributed by atoms with Gasteiger partial charge in [0.2, 0.25) is 5.91 Å². The van der Waals surface area contributed by atoms with Crippen molar-refractivity contribution in [3.8, 4) is 0 Å². The standard InChI is InChI=1S/C21H19FN4OS/c1-13-17(18-11-14(22)3-8-19(18)24-13)12-20(27)25-15-4-6-16(7-5-15)28-21-23-9-10-26(21)2/h3-11,24H,12H2,1-2H3,(H,25,27). The molecular weight excluding hydrogens is 375 g/mol. The second kappa shape index (κ2) is 7.52. The molecule has 2 heterocycles. The van der Waals surface area contributed by atoms with E-state index in [0.29, 0.717) is 0 Å². The zero-order chi connectivity index (χ0) is 19.7. The van der Waals surface area contributed by atoms with E-state index < -0.39 is 0 Å². The highest BCUT2D eigenvalue weighted by Gasteiger charge is 2.13. The minimum Gasteiger partial charge on any atom is -0.358 e. The molecule has 0 aliphatic heterocycles. The van der Waals surface area contributed by atoms with Gasteiger partial charge in [0, 0.05) is 46.6 Å². The topological polar surface area (TPSA) is 62.7 Å². The van der Waals surface area contributed by atoms with E-state index in [1.165, 1.54) is 12.1 Å². The molecule has 4 rings (SSSR count). The second-order valence-electron chi connectivity index (χ2n) is 6.59. The highest BCUT2D eigenvalue weighted by molar-refractivity contribution is 7.99. The average Bonchev–Trinajstić information content (AvgIpc) is 3.20. The third kappa shape index (κ3) is 3.80. The molecule has 0 atom stereocenters. The van der Waals surface area contributed by atoms with Gasteiger partial charge in [0.25, 0.3) is 0 Å². The molecule has 0 unspecified atom stereocenters. The molecule has 0 bridgehead atoms. The summed E-state index contributed by atoms with van der Waals surface area (Å²) in [6.07, 6.45) is 3.84. The minimum atomic E-state index is -0.311. The molecule has 0 aliphatic rings. The van der Waals surface area contributed by atoms with Crippen molar-refractivity contribution in [2.75, 3.05) is 5.32 Å². The number of anilines is 1. The lowest BCUT2D eigenvalue weighted by Crippen LogP contribution is -2.14. The summed E-state index contributed by atoms with van der Waals surface area (Å²) in [7, 11) is 1.95. The van der Waals surface area contributed by atoms with Crippen LogP contribution in [0.1, 0.15) is 11.3 Å². The first kappa shape index (κ1) is 18.3. The average molecular weight is 394 g/mol. The number of H-pyrrole nitrogens is 1. The van der Waals surface area contributed by atoms with Crippen LogP contribution in [0.3, 0.4) is 0 Å². The van der Waals surface area contributed by atoms with Gasteiger partial charge in [-0.2, -0.15) is 0 Å². The van der Waals surface area contributed by atoms with Crippen LogP contribution in [0.15, 0.2) is 64.9 Å². The first-order chi connectivity index (χ1) is 13.5. The van der Waals surface area contributed by atoms with Crippen molar-refractivity contribution in [2.45, 2.75) is 23.4 Å². The van der Waals surface area contributed by atoms with E-state index >= 15 is 0 Å². The molecule has 0 saturated carbocycles. The van der Waals surface area contributed by atoms with Gasteiger partial charge in [0.1, 0.15) is 5.82 Å². The van der Waals surface area contributed by atoms with Gasteiger partial charge in [0.05, 0.1) is 6.42 Å². The highest BCUT2D eigenvalue weighted by Crippen LogP contribution is 2.27. The van der Waals surface area contributed by atoms with Crippen molar-refractivity contribution in [3.63, 3.8) is 0 Å². The number of aryl methyl sites for hydroxylation is 2. The fourth-order valence-electron chi connectivity index (χ4n) is 3.11. The van der Waals surface area contributed by atoms with E-state index in [9.17, 15) is 9.18 Å². The number of carbonyl (C=O) groups excluding carboxylic acids is 1. The summed E-state index contributed by atoms with van der Waals surface area (Å²) < 4.78 is 15.5. The van der Waals surface area contributed by atoms with Gasteiger partial charge in [-0.05, 0) is 55.0 Å². The van der Waals surface area contributed by atoms with Crippen molar-refractivity contribution < 1.29 is 9.18 Å². The molecule has 28 heavy (non-hydrogen) atoms. The van der Waals surface area contributed by atoms with Gasteiger partial charge in [0.15, 0.2) is 5.16 Å². The summed E-state index contributed by atoms with van der Waals surface area (Å²) in [5.74, 6) is -0.452.